The van der Waals surface area contributed by atoms with Crippen LogP contribution in [0.1, 0.15) is 0 Å². The van der Waals surface area contributed by atoms with Crippen molar-refractivity contribution < 1.29 is 53.0 Å². The van der Waals surface area contributed by atoms with Crippen molar-refractivity contribution in [2.45, 2.75) is 13.1 Å². The fraction of sp³-hybridized carbons (Fsp3) is 0.250. The summed E-state index contributed by atoms with van der Waals surface area (Å²) in [5, 5.41) is 0. The van der Waals surface area contributed by atoms with Crippen molar-refractivity contribution in [3.63, 3.8) is 0 Å². The average Bonchev–Trinajstić information content (AvgIpc) is 2.56. The Morgan fingerprint density at radius 1 is 0.750 bits per heavy atom. The molecule has 0 aromatic carbocycles. The molecule has 2 heterocycles. The highest BCUT2D eigenvalue weighted by atomic mass is 35.5. The van der Waals surface area contributed by atoms with E-state index in [1.54, 1.807) is 9.13 Å². The monoisotopic (exact) mass is 372 g/mol. The Kier molecular flexibility index (Phi) is 9.61. The van der Waals surface area contributed by atoms with Crippen molar-refractivity contribution in [1.29, 1.82) is 0 Å². The lowest BCUT2D eigenvalue weighted by Gasteiger charge is -2.01. The largest absolute Gasteiger partial charge is 1.00 e. The van der Waals surface area contributed by atoms with Crippen LogP contribution in [0, 0.1) is 0 Å². The average molecular weight is 373 g/mol. The summed E-state index contributed by atoms with van der Waals surface area (Å²) in [4.78, 5) is 22.4. The number of carbonyl (C=O) groups is 2. The number of methoxy groups -OCH3 is 2. The van der Waals surface area contributed by atoms with E-state index in [0.717, 1.165) is 11.1 Å². The zero-order valence-corrected chi connectivity index (χ0v) is 14.8. The van der Waals surface area contributed by atoms with Crippen LogP contribution in [0.2, 0.25) is 0 Å². The summed E-state index contributed by atoms with van der Waals surface area (Å²) in [5.41, 5.74) is 2.04. The number of pyridine rings is 2. The van der Waals surface area contributed by atoms with Crippen molar-refractivity contribution in [3.05, 3.63) is 49.1 Å². The van der Waals surface area contributed by atoms with E-state index < -0.39 is 0 Å². The molecule has 0 bridgehead atoms. The third-order valence-corrected chi connectivity index (χ3v) is 3.19. The lowest BCUT2D eigenvalue weighted by Crippen LogP contribution is -3.00. The molecule has 0 aliphatic heterocycles. The minimum Gasteiger partial charge on any atom is -1.00 e. The third kappa shape index (κ3) is 6.14. The molecule has 24 heavy (non-hydrogen) atoms. The van der Waals surface area contributed by atoms with Gasteiger partial charge in [-0.05, 0) is 11.1 Å². The van der Waals surface area contributed by atoms with Crippen molar-refractivity contribution >= 4 is 11.9 Å². The van der Waals surface area contributed by atoms with Gasteiger partial charge in [-0.15, -0.1) is 0 Å². The second kappa shape index (κ2) is 10.6. The van der Waals surface area contributed by atoms with Crippen LogP contribution in [0.4, 0.5) is 0 Å². The van der Waals surface area contributed by atoms with Gasteiger partial charge in [0.2, 0.25) is 13.1 Å². The Morgan fingerprint density at radius 2 is 1.04 bits per heavy atom. The first-order valence-electron chi connectivity index (χ1n) is 6.74. The highest BCUT2D eigenvalue weighted by Gasteiger charge is 2.11. The number of nitrogens with zero attached hydrogens (tertiary/aromatic N) is 2. The Hall–Kier alpha value is -2.18. The first-order valence-corrected chi connectivity index (χ1v) is 6.74. The van der Waals surface area contributed by atoms with E-state index in [9.17, 15) is 9.59 Å². The number of aromatic nitrogens is 2. The van der Waals surface area contributed by atoms with Crippen molar-refractivity contribution in [1.82, 2.24) is 0 Å². The standard InChI is InChI=1S/C16H18N2O4.2ClH/c1-21-15(19)11-17-7-3-13(4-8-17)14-5-9-18(10-6-14)12-16(20)22-2;;/h3-10H,11-12H2,1-2H3;2*1H/q+2;;/p-2. The molecule has 0 amide bonds. The highest BCUT2D eigenvalue weighted by molar-refractivity contribution is 5.68. The number of hydrogen-bond acceptors (Lipinski definition) is 4. The summed E-state index contributed by atoms with van der Waals surface area (Å²) in [6.07, 6.45) is 7.28. The van der Waals surface area contributed by atoms with Gasteiger partial charge in [0.1, 0.15) is 0 Å². The fourth-order valence-corrected chi connectivity index (χ4v) is 1.94. The molecule has 0 fully saturated rings. The van der Waals surface area contributed by atoms with E-state index in [2.05, 4.69) is 9.47 Å². The van der Waals surface area contributed by atoms with Gasteiger partial charge in [0.15, 0.2) is 24.8 Å². The summed E-state index contributed by atoms with van der Waals surface area (Å²) in [5.74, 6) is -0.581. The van der Waals surface area contributed by atoms with E-state index in [0.29, 0.717) is 0 Å². The summed E-state index contributed by atoms with van der Waals surface area (Å²) >= 11 is 0. The molecule has 0 saturated heterocycles. The second-order valence-corrected chi connectivity index (χ2v) is 4.67. The molecule has 0 N–H and O–H groups in total. The van der Waals surface area contributed by atoms with Gasteiger partial charge < -0.3 is 34.3 Å². The highest BCUT2D eigenvalue weighted by Crippen LogP contribution is 2.15. The minimum atomic E-state index is -0.290. The first-order chi connectivity index (χ1) is 10.6. The van der Waals surface area contributed by atoms with Crippen LogP contribution < -0.4 is 33.9 Å². The summed E-state index contributed by atoms with van der Waals surface area (Å²) < 4.78 is 12.7. The molecule has 2 rings (SSSR count). The smallest absolute Gasteiger partial charge is 0.372 e. The Balaban J connectivity index is 0.00000264. The summed E-state index contributed by atoms with van der Waals surface area (Å²) in [6, 6.07) is 7.68. The molecular formula is C16H18Cl2N2O4. The molecule has 0 saturated carbocycles. The van der Waals surface area contributed by atoms with Gasteiger partial charge in [-0.3, -0.25) is 0 Å². The number of ether oxygens (including phenoxy) is 2. The van der Waals surface area contributed by atoms with Gasteiger partial charge in [0.25, 0.3) is 0 Å². The number of hydrogen-bond donors (Lipinski definition) is 0. The molecule has 0 aliphatic carbocycles. The number of esters is 2. The van der Waals surface area contributed by atoms with Gasteiger partial charge in [-0.1, -0.05) is 0 Å². The van der Waals surface area contributed by atoms with E-state index in [1.165, 1.54) is 14.2 Å². The number of halogens is 2. The molecule has 0 spiro atoms. The number of carbonyl (C=O) groups excluding carboxylic acids is 2. The van der Waals surface area contributed by atoms with Gasteiger partial charge in [0, 0.05) is 24.3 Å². The third-order valence-electron chi connectivity index (χ3n) is 3.19. The molecule has 0 atom stereocenters. The van der Waals surface area contributed by atoms with Gasteiger partial charge >= 0.3 is 11.9 Å². The molecule has 0 aliphatic rings. The zero-order valence-electron chi connectivity index (χ0n) is 13.3. The number of rotatable bonds is 5. The quantitative estimate of drug-likeness (QED) is 0.387. The normalized spacial score (nSPS) is 9.25. The van der Waals surface area contributed by atoms with Crippen LogP contribution in [-0.2, 0) is 32.2 Å². The maximum Gasteiger partial charge on any atom is 0.372 e. The maximum atomic E-state index is 11.2. The second-order valence-electron chi connectivity index (χ2n) is 4.67. The van der Waals surface area contributed by atoms with Gasteiger partial charge in [-0.25, -0.2) is 9.59 Å². The van der Waals surface area contributed by atoms with Crippen LogP contribution in [0.15, 0.2) is 49.1 Å². The zero-order chi connectivity index (χ0) is 15.9. The van der Waals surface area contributed by atoms with E-state index in [4.69, 9.17) is 0 Å². The molecular weight excluding hydrogens is 355 g/mol. The van der Waals surface area contributed by atoms with Crippen LogP contribution in [-0.4, -0.2) is 26.2 Å². The van der Waals surface area contributed by atoms with Crippen LogP contribution >= 0.6 is 0 Å². The van der Waals surface area contributed by atoms with Crippen LogP contribution in [0.25, 0.3) is 11.1 Å². The Morgan fingerprint density at radius 3 is 1.29 bits per heavy atom. The van der Waals surface area contributed by atoms with Crippen LogP contribution in [0.5, 0.6) is 0 Å². The van der Waals surface area contributed by atoms with Crippen LogP contribution in [0.3, 0.4) is 0 Å². The van der Waals surface area contributed by atoms with E-state index in [-0.39, 0.29) is 49.8 Å². The predicted octanol–water partition coefficient (Wildman–Crippen LogP) is -5.72. The van der Waals surface area contributed by atoms with E-state index in [1.807, 2.05) is 49.1 Å². The summed E-state index contributed by atoms with van der Waals surface area (Å²) in [6.45, 7) is 0.370. The molecule has 6 nitrogen and oxygen atoms in total. The SMILES string of the molecule is COC(=O)C[n+]1ccc(-c2cc[n+](CC(=O)OC)cc2)cc1.[Cl-].[Cl-]. The molecule has 2 aromatic rings. The van der Waals surface area contributed by atoms with Crippen molar-refractivity contribution in [2.24, 2.45) is 0 Å². The summed E-state index contributed by atoms with van der Waals surface area (Å²) in [7, 11) is 2.73. The molecule has 130 valence electrons. The van der Waals surface area contributed by atoms with Crippen molar-refractivity contribution in [2.75, 3.05) is 14.2 Å². The molecule has 8 heteroatoms. The molecule has 0 radical (unpaired) electrons. The minimum absolute atomic E-state index is 0. The molecule has 2 aromatic heterocycles. The lowest BCUT2D eigenvalue weighted by molar-refractivity contribution is -0.686. The first kappa shape index (κ1) is 21.8. The topological polar surface area (TPSA) is 60.4 Å². The Bertz CT molecular complexity index is 601. The Labute approximate surface area is 152 Å². The predicted molar refractivity (Wildman–Crippen MR) is 76.3 cm³/mol. The molecule has 0 unspecified atom stereocenters. The van der Waals surface area contributed by atoms with Gasteiger partial charge in [0.05, 0.1) is 14.2 Å². The van der Waals surface area contributed by atoms with Crippen molar-refractivity contribution in [3.8, 4) is 11.1 Å². The maximum absolute atomic E-state index is 11.2. The van der Waals surface area contributed by atoms with Gasteiger partial charge in [-0.2, -0.15) is 9.13 Å². The lowest BCUT2D eigenvalue weighted by atomic mass is 10.1. The fourth-order valence-electron chi connectivity index (χ4n) is 1.94. The van der Waals surface area contributed by atoms with E-state index >= 15 is 0 Å².